The van der Waals surface area contributed by atoms with Crippen molar-refractivity contribution in [2.75, 3.05) is 0 Å². The number of fused-ring (bicyclic) bond motifs is 1. The largest absolute Gasteiger partial charge is 0.267 e. The van der Waals surface area contributed by atoms with E-state index in [9.17, 15) is 8.42 Å². The van der Waals surface area contributed by atoms with Crippen LogP contribution >= 0.6 is 11.6 Å². The Labute approximate surface area is 93.0 Å². The summed E-state index contributed by atoms with van der Waals surface area (Å²) in [4.78, 5) is 4.24. The molecule has 0 aromatic heterocycles. The molecule has 0 bridgehead atoms. The van der Waals surface area contributed by atoms with Gasteiger partial charge in [-0.05, 0) is 31.5 Å². The summed E-state index contributed by atoms with van der Waals surface area (Å²) in [6.45, 7) is 3.41. The number of amidine groups is 1. The van der Waals surface area contributed by atoms with Gasteiger partial charge in [0.05, 0.1) is 5.69 Å². The van der Waals surface area contributed by atoms with Crippen molar-refractivity contribution in [2.45, 2.75) is 18.7 Å². The monoisotopic (exact) mass is 244 g/mol. The number of hydrogen-bond donors (Lipinski definition) is 1. The predicted octanol–water partition coefficient (Wildman–Crippen LogP) is 1.99. The summed E-state index contributed by atoms with van der Waals surface area (Å²) in [5.74, 6) is 0.365. The molecular formula is C9H9ClN2O2S. The highest BCUT2D eigenvalue weighted by atomic mass is 35.5. The van der Waals surface area contributed by atoms with Crippen LogP contribution in [0.2, 0.25) is 5.02 Å². The summed E-state index contributed by atoms with van der Waals surface area (Å²) in [5, 5.41) is 0.425. The molecule has 1 N–H and O–H groups in total. The van der Waals surface area contributed by atoms with Gasteiger partial charge in [0, 0.05) is 5.02 Å². The lowest BCUT2D eigenvalue weighted by molar-refractivity contribution is 0.591. The van der Waals surface area contributed by atoms with E-state index in [-0.39, 0.29) is 4.90 Å². The second-order valence-electron chi connectivity index (χ2n) is 3.37. The number of hydrogen-bond acceptors (Lipinski definition) is 3. The summed E-state index contributed by atoms with van der Waals surface area (Å²) < 4.78 is 25.7. The summed E-state index contributed by atoms with van der Waals surface area (Å²) in [6.07, 6.45) is 0. The molecule has 15 heavy (non-hydrogen) atoms. The maximum atomic E-state index is 11.7. The Kier molecular flexibility index (Phi) is 2.24. The molecule has 0 atom stereocenters. The zero-order valence-corrected chi connectivity index (χ0v) is 9.78. The Hall–Kier alpha value is -1.07. The van der Waals surface area contributed by atoms with Crippen molar-refractivity contribution in [3.63, 3.8) is 0 Å². The average Bonchev–Trinajstić information content (AvgIpc) is 2.07. The molecule has 1 aromatic rings. The molecule has 6 heteroatoms. The Balaban J connectivity index is 2.80. The number of benzene rings is 1. The highest BCUT2D eigenvalue weighted by Crippen LogP contribution is 2.32. The molecule has 0 saturated carbocycles. The third-order valence-corrected chi connectivity index (χ3v) is 3.98. The fourth-order valence-electron chi connectivity index (χ4n) is 1.40. The summed E-state index contributed by atoms with van der Waals surface area (Å²) in [7, 11) is -3.50. The highest BCUT2D eigenvalue weighted by Gasteiger charge is 2.24. The van der Waals surface area contributed by atoms with Crippen LogP contribution in [0.3, 0.4) is 0 Å². The molecule has 1 heterocycles. The molecule has 1 aliphatic rings. The first kappa shape index (κ1) is 10.4. The molecule has 0 saturated heterocycles. The molecule has 0 spiro atoms. The molecule has 0 aliphatic carbocycles. The molecule has 0 amide bonds. The van der Waals surface area contributed by atoms with E-state index in [0.717, 1.165) is 5.56 Å². The van der Waals surface area contributed by atoms with Gasteiger partial charge in [-0.2, -0.15) is 0 Å². The van der Waals surface area contributed by atoms with Crippen LogP contribution in [0.15, 0.2) is 22.0 Å². The molecule has 1 aromatic carbocycles. The van der Waals surface area contributed by atoms with Crippen LogP contribution in [0.1, 0.15) is 12.5 Å². The van der Waals surface area contributed by atoms with Crippen molar-refractivity contribution in [1.29, 1.82) is 0 Å². The van der Waals surface area contributed by atoms with Crippen molar-refractivity contribution in [3.05, 3.63) is 22.7 Å². The number of nitrogens with zero attached hydrogens (tertiary/aromatic N) is 1. The number of sulfonamides is 1. The van der Waals surface area contributed by atoms with E-state index in [1.165, 1.54) is 6.07 Å². The maximum Gasteiger partial charge on any atom is 0.265 e. The van der Waals surface area contributed by atoms with E-state index >= 15 is 0 Å². The number of halogens is 1. The zero-order valence-electron chi connectivity index (χ0n) is 8.20. The number of nitrogens with one attached hydrogen (secondary N) is 1. The minimum absolute atomic E-state index is 0.128. The normalized spacial score (nSPS) is 17.7. The van der Waals surface area contributed by atoms with Crippen molar-refractivity contribution in [1.82, 2.24) is 4.72 Å². The number of aryl methyl sites for hydroxylation is 1. The Morgan fingerprint density at radius 1 is 1.33 bits per heavy atom. The van der Waals surface area contributed by atoms with E-state index in [4.69, 9.17) is 11.6 Å². The first-order valence-electron chi connectivity index (χ1n) is 4.28. The third-order valence-electron chi connectivity index (χ3n) is 2.10. The first-order valence-corrected chi connectivity index (χ1v) is 6.14. The highest BCUT2D eigenvalue weighted by molar-refractivity contribution is 7.90. The van der Waals surface area contributed by atoms with Gasteiger partial charge in [0.15, 0.2) is 0 Å². The first-order chi connectivity index (χ1) is 6.90. The quantitative estimate of drug-likeness (QED) is 0.759. The van der Waals surface area contributed by atoms with Gasteiger partial charge in [-0.15, -0.1) is 0 Å². The third kappa shape index (κ3) is 1.72. The zero-order chi connectivity index (χ0) is 11.2. The SMILES string of the molecule is CC1=Nc2cc(C)c(Cl)cc2S(=O)(=O)N1. The lowest BCUT2D eigenvalue weighted by Crippen LogP contribution is -2.31. The topological polar surface area (TPSA) is 58.5 Å². The minimum Gasteiger partial charge on any atom is -0.267 e. The van der Waals surface area contributed by atoms with Gasteiger partial charge >= 0.3 is 0 Å². The molecule has 80 valence electrons. The van der Waals surface area contributed by atoms with Crippen LogP contribution in [0, 0.1) is 6.92 Å². The minimum atomic E-state index is -3.50. The maximum absolute atomic E-state index is 11.7. The van der Waals surface area contributed by atoms with E-state index in [0.29, 0.717) is 16.5 Å². The molecule has 0 unspecified atom stereocenters. The molecule has 0 fully saturated rings. The lowest BCUT2D eigenvalue weighted by Gasteiger charge is -2.16. The Morgan fingerprint density at radius 3 is 2.67 bits per heavy atom. The fraction of sp³-hybridized carbons (Fsp3) is 0.222. The summed E-state index contributed by atoms with van der Waals surface area (Å²) >= 11 is 5.87. The molecule has 0 radical (unpaired) electrons. The Morgan fingerprint density at radius 2 is 2.00 bits per heavy atom. The number of aliphatic imine (C=N–C) groups is 1. The van der Waals surface area contributed by atoms with Gasteiger partial charge in [0.2, 0.25) is 0 Å². The van der Waals surface area contributed by atoms with Gasteiger partial charge in [0.25, 0.3) is 10.0 Å². The second kappa shape index (κ2) is 3.21. The van der Waals surface area contributed by atoms with Gasteiger partial charge < -0.3 is 0 Å². The molecule has 2 rings (SSSR count). The van der Waals surface area contributed by atoms with E-state index in [1.54, 1.807) is 13.0 Å². The fourth-order valence-corrected chi connectivity index (χ4v) is 2.83. The van der Waals surface area contributed by atoms with Crippen molar-refractivity contribution in [3.8, 4) is 0 Å². The van der Waals surface area contributed by atoms with Crippen molar-refractivity contribution in [2.24, 2.45) is 4.99 Å². The van der Waals surface area contributed by atoms with Gasteiger partial charge in [0.1, 0.15) is 10.7 Å². The smallest absolute Gasteiger partial charge is 0.265 e. The predicted molar refractivity (Wildman–Crippen MR) is 59.3 cm³/mol. The second-order valence-corrected chi connectivity index (χ2v) is 5.43. The van der Waals surface area contributed by atoms with E-state index in [2.05, 4.69) is 9.71 Å². The van der Waals surface area contributed by atoms with Crippen LogP contribution in [-0.4, -0.2) is 14.3 Å². The Bertz CT molecular complexity index is 564. The van der Waals surface area contributed by atoms with E-state index in [1.807, 2.05) is 6.92 Å². The summed E-state index contributed by atoms with van der Waals surface area (Å²) in [5.41, 5.74) is 1.25. The molecule has 1 aliphatic heterocycles. The van der Waals surface area contributed by atoms with Crippen LogP contribution in [0.25, 0.3) is 0 Å². The standard InChI is InChI=1S/C9H9ClN2O2S/c1-5-3-8-9(4-7(5)10)15(13,14)12-6(2)11-8/h3-4H,1-2H3,(H,11,12). The molecular weight excluding hydrogens is 236 g/mol. The van der Waals surface area contributed by atoms with Gasteiger partial charge in [-0.25, -0.2) is 13.4 Å². The van der Waals surface area contributed by atoms with E-state index < -0.39 is 10.0 Å². The van der Waals surface area contributed by atoms with Crippen LogP contribution < -0.4 is 4.72 Å². The van der Waals surface area contributed by atoms with Gasteiger partial charge in [-0.1, -0.05) is 11.6 Å². The van der Waals surface area contributed by atoms with Crippen LogP contribution in [-0.2, 0) is 10.0 Å². The van der Waals surface area contributed by atoms with Crippen molar-refractivity contribution < 1.29 is 8.42 Å². The molecule has 4 nitrogen and oxygen atoms in total. The van der Waals surface area contributed by atoms with Crippen LogP contribution in [0.5, 0.6) is 0 Å². The van der Waals surface area contributed by atoms with Crippen molar-refractivity contribution >= 4 is 33.1 Å². The van der Waals surface area contributed by atoms with Crippen LogP contribution in [0.4, 0.5) is 5.69 Å². The number of rotatable bonds is 0. The summed E-state index contributed by atoms with van der Waals surface area (Å²) in [6, 6.07) is 3.09. The van der Waals surface area contributed by atoms with Gasteiger partial charge in [-0.3, -0.25) is 4.72 Å². The lowest BCUT2D eigenvalue weighted by atomic mass is 10.2. The average molecular weight is 245 g/mol.